The number of anilines is 1. The number of fused-ring (bicyclic) bond motifs is 1. The van der Waals surface area contributed by atoms with E-state index in [1.807, 2.05) is 0 Å². The van der Waals surface area contributed by atoms with Gasteiger partial charge in [-0.05, 0) is 0 Å². The molecule has 0 radical (unpaired) electrons. The summed E-state index contributed by atoms with van der Waals surface area (Å²) in [5.41, 5.74) is 0.212. The first-order valence-electron chi connectivity index (χ1n) is 9.26. The molecular weight excluding hydrogens is 400 g/mol. The molecule has 164 valence electrons. The van der Waals surface area contributed by atoms with Crippen molar-refractivity contribution in [3.8, 4) is 0 Å². The number of esters is 3. The minimum Gasteiger partial charge on any atom is -0.463 e. The standard InChI is InChI=1S/C18H24N4O8/c1-9(23)27-6-12-14(28-10(2)24)15(29-11(3)25)18(30-12)22-7-19-13-16(22)20(4)8-21(5)17(13)26/h7,12,14-15,18H,6,8H2,1-5H3/t12-,14-,15-,18-/m1/s1. The lowest BCUT2D eigenvalue weighted by Crippen LogP contribution is -2.44. The Morgan fingerprint density at radius 2 is 1.70 bits per heavy atom. The Hall–Kier alpha value is -3.15. The van der Waals surface area contributed by atoms with Crippen LogP contribution in [0.3, 0.4) is 0 Å². The highest BCUT2D eigenvalue weighted by Gasteiger charge is 2.51. The number of rotatable bonds is 5. The van der Waals surface area contributed by atoms with Gasteiger partial charge in [0.05, 0.1) is 13.0 Å². The molecule has 2 aliphatic heterocycles. The van der Waals surface area contributed by atoms with E-state index in [1.165, 1.54) is 32.0 Å². The van der Waals surface area contributed by atoms with Crippen molar-refractivity contribution >= 4 is 29.6 Å². The van der Waals surface area contributed by atoms with Crippen molar-refractivity contribution in [3.63, 3.8) is 0 Å². The molecule has 4 atom stereocenters. The van der Waals surface area contributed by atoms with E-state index in [4.69, 9.17) is 18.9 Å². The summed E-state index contributed by atoms with van der Waals surface area (Å²) in [6.07, 6.45) is -2.53. The van der Waals surface area contributed by atoms with Crippen LogP contribution in [0.1, 0.15) is 37.5 Å². The summed E-state index contributed by atoms with van der Waals surface area (Å²) < 4.78 is 23.4. The number of carbonyl (C=O) groups excluding carboxylic acids is 4. The molecule has 3 rings (SSSR count). The van der Waals surface area contributed by atoms with Gasteiger partial charge in [-0.2, -0.15) is 0 Å². The number of ether oxygens (including phenoxy) is 4. The fraction of sp³-hybridized carbons (Fsp3) is 0.611. The Bertz CT molecular complexity index is 868. The summed E-state index contributed by atoms with van der Waals surface area (Å²) in [6, 6.07) is 0. The minimum absolute atomic E-state index is 0.212. The zero-order valence-corrected chi connectivity index (χ0v) is 17.4. The van der Waals surface area contributed by atoms with Crippen LogP contribution in [-0.2, 0) is 33.3 Å². The van der Waals surface area contributed by atoms with Crippen LogP contribution < -0.4 is 4.90 Å². The summed E-state index contributed by atoms with van der Waals surface area (Å²) in [5.74, 6) is -1.57. The maximum atomic E-state index is 12.5. The molecule has 0 aliphatic carbocycles. The van der Waals surface area contributed by atoms with Gasteiger partial charge >= 0.3 is 17.9 Å². The molecule has 0 aromatic carbocycles. The third-order valence-electron chi connectivity index (χ3n) is 4.72. The van der Waals surface area contributed by atoms with Gasteiger partial charge in [0.25, 0.3) is 5.91 Å². The number of carbonyl (C=O) groups is 4. The average Bonchev–Trinajstić information content (AvgIpc) is 3.20. The van der Waals surface area contributed by atoms with E-state index in [0.29, 0.717) is 12.5 Å². The molecule has 0 N–H and O–H groups in total. The molecule has 12 heteroatoms. The zero-order valence-electron chi connectivity index (χ0n) is 17.4. The van der Waals surface area contributed by atoms with Crippen molar-refractivity contribution in [2.24, 2.45) is 0 Å². The van der Waals surface area contributed by atoms with Gasteiger partial charge in [-0.3, -0.25) is 23.7 Å². The fourth-order valence-electron chi connectivity index (χ4n) is 3.62. The predicted octanol–water partition coefficient (Wildman–Crippen LogP) is -0.314. The zero-order chi connectivity index (χ0) is 22.2. The van der Waals surface area contributed by atoms with Gasteiger partial charge in [0.1, 0.15) is 18.5 Å². The Labute approximate surface area is 172 Å². The molecular formula is C18H24N4O8. The number of imidazole rings is 1. The van der Waals surface area contributed by atoms with E-state index in [2.05, 4.69) is 4.98 Å². The number of amides is 1. The molecule has 0 bridgehead atoms. The monoisotopic (exact) mass is 424 g/mol. The van der Waals surface area contributed by atoms with Gasteiger partial charge < -0.3 is 28.7 Å². The minimum atomic E-state index is -1.05. The Balaban J connectivity index is 2.01. The molecule has 1 aromatic heterocycles. The maximum absolute atomic E-state index is 12.5. The summed E-state index contributed by atoms with van der Waals surface area (Å²) in [7, 11) is 3.43. The number of hydrogen-bond donors (Lipinski definition) is 0. The van der Waals surface area contributed by atoms with Crippen molar-refractivity contribution in [3.05, 3.63) is 12.0 Å². The van der Waals surface area contributed by atoms with Gasteiger partial charge in [-0.15, -0.1) is 0 Å². The van der Waals surface area contributed by atoms with Crippen LogP contribution >= 0.6 is 0 Å². The Morgan fingerprint density at radius 3 is 2.30 bits per heavy atom. The SMILES string of the molecule is CC(=O)OC[C@H]1O[C@@H](n2cnc3c2N(C)CN(C)C3=O)[C@H](OC(C)=O)[C@@H]1OC(C)=O. The summed E-state index contributed by atoms with van der Waals surface area (Å²) in [6.45, 7) is 3.76. The maximum Gasteiger partial charge on any atom is 0.303 e. The first-order chi connectivity index (χ1) is 14.1. The molecule has 0 saturated carbocycles. The molecule has 1 saturated heterocycles. The van der Waals surface area contributed by atoms with Crippen LogP contribution in [0.2, 0.25) is 0 Å². The highest BCUT2D eigenvalue weighted by molar-refractivity contribution is 5.98. The van der Waals surface area contributed by atoms with Crippen molar-refractivity contribution < 1.29 is 38.1 Å². The van der Waals surface area contributed by atoms with E-state index in [0.717, 1.165) is 0 Å². The third kappa shape index (κ3) is 4.08. The Kier molecular flexibility index (Phi) is 5.97. The van der Waals surface area contributed by atoms with Crippen LogP contribution in [0.5, 0.6) is 0 Å². The van der Waals surface area contributed by atoms with Gasteiger partial charge in [-0.1, -0.05) is 0 Å². The topological polar surface area (TPSA) is 130 Å². The second-order valence-corrected chi connectivity index (χ2v) is 7.18. The van der Waals surface area contributed by atoms with Crippen molar-refractivity contribution in [2.75, 3.05) is 32.3 Å². The molecule has 30 heavy (non-hydrogen) atoms. The van der Waals surface area contributed by atoms with E-state index < -0.39 is 42.4 Å². The number of hydrogen-bond acceptors (Lipinski definition) is 10. The summed E-state index contributed by atoms with van der Waals surface area (Å²) in [5, 5.41) is 0. The van der Waals surface area contributed by atoms with E-state index in [-0.39, 0.29) is 18.2 Å². The van der Waals surface area contributed by atoms with Crippen molar-refractivity contribution in [2.45, 2.75) is 45.3 Å². The van der Waals surface area contributed by atoms with E-state index >= 15 is 0 Å². The first kappa shape index (κ1) is 21.6. The van der Waals surface area contributed by atoms with Crippen LogP contribution in [-0.4, -0.2) is 83.9 Å². The normalized spacial score (nSPS) is 25.7. The average molecular weight is 424 g/mol. The molecule has 2 aliphatic rings. The molecule has 3 heterocycles. The molecule has 0 unspecified atom stereocenters. The van der Waals surface area contributed by atoms with Gasteiger partial charge in [0, 0.05) is 34.9 Å². The number of nitrogens with zero attached hydrogens (tertiary/aromatic N) is 4. The smallest absolute Gasteiger partial charge is 0.303 e. The third-order valence-corrected chi connectivity index (χ3v) is 4.72. The van der Waals surface area contributed by atoms with Gasteiger partial charge in [0.2, 0.25) is 0 Å². The molecule has 1 aromatic rings. The highest BCUT2D eigenvalue weighted by atomic mass is 16.7. The molecule has 1 fully saturated rings. The second kappa shape index (κ2) is 8.30. The molecule has 0 spiro atoms. The lowest BCUT2D eigenvalue weighted by molar-refractivity contribution is -0.166. The van der Waals surface area contributed by atoms with Crippen LogP contribution in [0.15, 0.2) is 6.33 Å². The summed E-state index contributed by atoms with van der Waals surface area (Å²) in [4.78, 5) is 54.7. The van der Waals surface area contributed by atoms with Gasteiger partial charge in [-0.25, -0.2) is 4.98 Å². The summed E-state index contributed by atoms with van der Waals surface area (Å²) >= 11 is 0. The van der Waals surface area contributed by atoms with Gasteiger partial charge in [0.15, 0.2) is 24.1 Å². The van der Waals surface area contributed by atoms with E-state index in [1.54, 1.807) is 23.6 Å². The van der Waals surface area contributed by atoms with Crippen LogP contribution in [0.4, 0.5) is 5.82 Å². The lowest BCUT2D eigenvalue weighted by Gasteiger charge is -2.33. The predicted molar refractivity (Wildman–Crippen MR) is 99.2 cm³/mol. The van der Waals surface area contributed by atoms with Crippen LogP contribution in [0, 0.1) is 0 Å². The largest absolute Gasteiger partial charge is 0.463 e. The van der Waals surface area contributed by atoms with Crippen LogP contribution in [0.25, 0.3) is 0 Å². The van der Waals surface area contributed by atoms with Crippen molar-refractivity contribution in [1.29, 1.82) is 0 Å². The highest BCUT2D eigenvalue weighted by Crippen LogP contribution is 2.38. The fourth-order valence-corrected chi connectivity index (χ4v) is 3.62. The van der Waals surface area contributed by atoms with E-state index in [9.17, 15) is 19.2 Å². The molecule has 1 amide bonds. The Morgan fingerprint density at radius 1 is 1.07 bits per heavy atom. The second-order valence-electron chi connectivity index (χ2n) is 7.18. The first-order valence-corrected chi connectivity index (χ1v) is 9.26. The quantitative estimate of drug-likeness (QED) is 0.458. The lowest BCUT2D eigenvalue weighted by atomic mass is 10.1. The number of aromatic nitrogens is 2. The van der Waals surface area contributed by atoms with Crippen molar-refractivity contribution in [1.82, 2.24) is 14.5 Å². The molecule has 12 nitrogen and oxygen atoms in total.